The Morgan fingerprint density at radius 2 is 1.84 bits per heavy atom. The molecule has 4 rings (SSSR count). The molecule has 1 aromatic rings. The summed E-state index contributed by atoms with van der Waals surface area (Å²) in [6.45, 7) is 10.5. The summed E-state index contributed by atoms with van der Waals surface area (Å²) >= 11 is 0. The number of hydrogen-bond donors (Lipinski definition) is 3. The fourth-order valence-electron chi connectivity index (χ4n) is 6.40. The SMILES string of the molecule is CCOc1ccc(NC(=O)[C@@H]2[C@H]3C(=O)N(CCCCCO)C(C(=O)NC(C)(C)C)C34CC[C@@]2(C)O4)cc1. The highest BCUT2D eigenvalue weighted by molar-refractivity contribution is 6.02. The van der Waals surface area contributed by atoms with E-state index in [1.807, 2.05) is 34.6 Å². The number of anilines is 1. The van der Waals surface area contributed by atoms with E-state index in [0.717, 1.165) is 6.42 Å². The molecule has 0 aromatic heterocycles. The van der Waals surface area contributed by atoms with E-state index in [2.05, 4.69) is 10.6 Å². The van der Waals surface area contributed by atoms with E-state index < -0.39 is 34.6 Å². The zero-order valence-electron chi connectivity index (χ0n) is 22.6. The van der Waals surface area contributed by atoms with E-state index in [1.165, 1.54) is 0 Å². The lowest BCUT2D eigenvalue weighted by Crippen LogP contribution is -2.58. The molecule has 0 aliphatic carbocycles. The van der Waals surface area contributed by atoms with Crippen LogP contribution >= 0.6 is 0 Å². The van der Waals surface area contributed by atoms with Crippen molar-refractivity contribution in [3.05, 3.63) is 24.3 Å². The highest BCUT2D eigenvalue weighted by Gasteiger charge is 2.77. The van der Waals surface area contributed by atoms with Gasteiger partial charge in [0.1, 0.15) is 17.4 Å². The highest BCUT2D eigenvalue weighted by atomic mass is 16.5. The first-order valence-corrected chi connectivity index (χ1v) is 13.4. The molecule has 204 valence electrons. The average molecular weight is 516 g/mol. The maximum Gasteiger partial charge on any atom is 0.246 e. The first-order chi connectivity index (χ1) is 17.5. The van der Waals surface area contributed by atoms with Gasteiger partial charge in [-0.05, 0) is 91.0 Å². The zero-order valence-corrected chi connectivity index (χ0v) is 22.6. The number of benzene rings is 1. The molecule has 3 amide bonds. The van der Waals surface area contributed by atoms with Crippen LogP contribution in [0.3, 0.4) is 0 Å². The predicted octanol–water partition coefficient (Wildman–Crippen LogP) is 2.87. The average Bonchev–Trinajstić information content (AvgIpc) is 3.38. The van der Waals surface area contributed by atoms with Crippen LogP contribution in [0.4, 0.5) is 5.69 Å². The Bertz CT molecular complexity index is 1020. The van der Waals surface area contributed by atoms with Crippen molar-refractivity contribution in [3.63, 3.8) is 0 Å². The fraction of sp³-hybridized carbons (Fsp3) is 0.679. The second kappa shape index (κ2) is 10.3. The van der Waals surface area contributed by atoms with E-state index in [4.69, 9.17) is 14.6 Å². The van der Waals surface area contributed by atoms with Crippen molar-refractivity contribution >= 4 is 23.4 Å². The van der Waals surface area contributed by atoms with E-state index in [-0.39, 0.29) is 24.3 Å². The molecule has 37 heavy (non-hydrogen) atoms. The molecule has 1 spiro atoms. The van der Waals surface area contributed by atoms with Gasteiger partial charge in [-0.15, -0.1) is 0 Å². The van der Waals surface area contributed by atoms with Gasteiger partial charge in [0.2, 0.25) is 17.7 Å². The van der Waals surface area contributed by atoms with E-state index in [1.54, 1.807) is 29.2 Å². The standard InChI is InChI=1S/C28H41N3O6/c1-6-36-19-12-10-18(11-13-19)29-23(33)20-21-25(35)31(16-8-7-9-17-32)22(24(34)30-26(2,3)4)28(21)15-14-27(20,5)37-28/h10-13,20-22,32H,6-9,14-17H2,1-5H3,(H,29,33)(H,30,34)/t20-,21-,22?,27+,28?/m0/s1. The van der Waals surface area contributed by atoms with Gasteiger partial charge < -0.3 is 30.1 Å². The molecule has 1 aromatic carbocycles. The Kier molecular flexibility index (Phi) is 7.59. The normalized spacial score (nSPS) is 30.4. The van der Waals surface area contributed by atoms with Gasteiger partial charge >= 0.3 is 0 Å². The number of nitrogens with one attached hydrogen (secondary N) is 2. The number of hydrogen-bond acceptors (Lipinski definition) is 6. The van der Waals surface area contributed by atoms with Crippen LogP contribution in [0.5, 0.6) is 5.75 Å². The van der Waals surface area contributed by atoms with Gasteiger partial charge in [0.05, 0.1) is 24.0 Å². The van der Waals surface area contributed by atoms with Crippen LogP contribution in [0.1, 0.15) is 66.7 Å². The van der Waals surface area contributed by atoms with Crippen molar-refractivity contribution < 1.29 is 29.0 Å². The minimum Gasteiger partial charge on any atom is -0.494 e. The van der Waals surface area contributed by atoms with Gasteiger partial charge in [0, 0.05) is 24.4 Å². The summed E-state index contributed by atoms with van der Waals surface area (Å²) in [5, 5.41) is 15.2. The Labute approximate surface area is 219 Å². The van der Waals surface area contributed by atoms with Gasteiger partial charge in [-0.25, -0.2) is 0 Å². The molecular formula is C28H41N3O6. The lowest BCUT2D eigenvalue weighted by atomic mass is 9.66. The molecule has 9 heteroatoms. The molecule has 3 aliphatic rings. The summed E-state index contributed by atoms with van der Waals surface area (Å²) in [6, 6.07) is 6.34. The maximum absolute atomic E-state index is 14.0. The van der Waals surface area contributed by atoms with Crippen LogP contribution in [0.25, 0.3) is 0 Å². The molecule has 2 unspecified atom stereocenters. The number of ether oxygens (including phenoxy) is 2. The van der Waals surface area contributed by atoms with Crippen molar-refractivity contribution in [2.75, 3.05) is 25.1 Å². The quantitative estimate of drug-likeness (QED) is 0.413. The lowest BCUT2D eigenvalue weighted by Gasteiger charge is -2.35. The van der Waals surface area contributed by atoms with E-state index >= 15 is 0 Å². The first kappa shape index (κ1) is 27.4. The Balaban J connectivity index is 1.63. The number of likely N-dealkylation sites (tertiary alicyclic amines) is 1. The number of carbonyl (C=O) groups excluding carboxylic acids is 3. The minimum absolute atomic E-state index is 0.0870. The van der Waals surface area contributed by atoms with E-state index in [0.29, 0.717) is 50.3 Å². The van der Waals surface area contributed by atoms with Gasteiger partial charge in [-0.1, -0.05) is 0 Å². The summed E-state index contributed by atoms with van der Waals surface area (Å²) in [7, 11) is 0. The smallest absolute Gasteiger partial charge is 0.246 e. The summed E-state index contributed by atoms with van der Waals surface area (Å²) in [6.07, 6.45) is 3.18. The van der Waals surface area contributed by atoms with Crippen LogP contribution in [0.2, 0.25) is 0 Å². The van der Waals surface area contributed by atoms with Gasteiger partial charge in [-0.3, -0.25) is 14.4 Å². The van der Waals surface area contributed by atoms with Crippen LogP contribution in [0.15, 0.2) is 24.3 Å². The number of amides is 3. The van der Waals surface area contributed by atoms with Crippen LogP contribution in [-0.2, 0) is 19.1 Å². The molecule has 3 N–H and O–H groups in total. The molecule has 9 nitrogen and oxygen atoms in total. The van der Waals surface area contributed by atoms with Crippen molar-refractivity contribution in [2.45, 2.75) is 89.5 Å². The topological polar surface area (TPSA) is 117 Å². The molecule has 5 atom stereocenters. The summed E-state index contributed by atoms with van der Waals surface area (Å²) in [5.74, 6) is -1.46. The molecule has 3 heterocycles. The largest absolute Gasteiger partial charge is 0.494 e. The third kappa shape index (κ3) is 5.08. The van der Waals surface area contributed by atoms with E-state index in [9.17, 15) is 14.4 Å². The second-order valence-corrected chi connectivity index (χ2v) is 11.7. The molecule has 0 radical (unpaired) electrons. The monoisotopic (exact) mass is 515 g/mol. The second-order valence-electron chi connectivity index (χ2n) is 11.7. The number of aliphatic hydroxyl groups is 1. The summed E-state index contributed by atoms with van der Waals surface area (Å²) in [4.78, 5) is 42.9. The maximum atomic E-state index is 14.0. The van der Waals surface area contributed by atoms with Crippen molar-refractivity contribution in [2.24, 2.45) is 11.8 Å². The van der Waals surface area contributed by atoms with Crippen LogP contribution in [0, 0.1) is 11.8 Å². The Morgan fingerprint density at radius 3 is 2.46 bits per heavy atom. The van der Waals surface area contributed by atoms with Gasteiger partial charge in [-0.2, -0.15) is 0 Å². The number of carbonyl (C=O) groups is 3. The highest BCUT2D eigenvalue weighted by Crippen LogP contribution is 2.63. The summed E-state index contributed by atoms with van der Waals surface area (Å²) < 4.78 is 12.1. The van der Waals surface area contributed by atoms with Crippen molar-refractivity contribution in [1.82, 2.24) is 10.2 Å². The molecule has 2 bridgehead atoms. The number of fused-ring (bicyclic) bond motifs is 1. The minimum atomic E-state index is -1.04. The van der Waals surface area contributed by atoms with Crippen molar-refractivity contribution in [3.8, 4) is 5.75 Å². The lowest BCUT2D eigenvalue weighted by molar-refractivity contribution is -0.145. The number of rotatable bonds is 10. The molecule has 3 aliphatic heterocycles. The van der Waals surface area contributed by atoms with Gasteiger partial charge in [0.25, 0.3) is 0 Å². The predicted molar refractivity (Wildman–Crippen MR) is 139 cm³/mol. The van der Waals surface area contributed by atoms with Crippen molar-refractivity contribution in [1.29, 1.82) is 0 Å². The number of nitrogens with zero attached hydrogens (tertiary/aromatic N) is 1. The zero-order chi connectivity index (χ0) is 27.0. The molecule has 3 fully saturated rings. The third-order valence-corrected chi connectivity index (χ3v) is 7.80. The molecular weight excluding hydrogens is 474 g/mol. The molecule has 3 saturated heterocycles. The summed E-state index contributed by atoms with van der Waals surface area (Å²) in [5.41, 5.74) is -1.75. The van der Waals surface area contributed by atoms with Crippen LogP contribution in [-0.4, -0.2) is 70.3 Å². The van der Waals surface area contributed by atoms with Crippen LogP contribution < -0.4 is 15.4 Å². The first-order valence-electron chi connectivity index (χ1n) is 13.4. The Hall–Kier alpha value is -2.65. The number of unbranched alkanes of at least 4 members (excludes halogenated alkanes) is 2. The third-order valence-electron chi connectivity index (χ3n) is 7.80. The van der Waals surface area contributed by atoms with Gasteiger partial charge in [0.15, 0.2) is 0 Å². The number of aliphatic hydroxyl groups excluding tert-OH is 1. The fourth-order valence-corrected chi connectivity index (χ4v) is 6.40. The Morgan fingerprint density at radius 1 is 1.14 bits per heavy atom. The molecule has 0 saturated carbocycles.